The SMILES string of the molecule is CCCCN(C(=O)CSc1nc(CCC)cc(=O)[nH]1)[C@@H]1CCS(=O)(=O)C1. The lowest BCUT2D eigenvalue weighted by atomic mass is 10.2. The number of thioether (sulfide) groups is 1. The molecular formula is C17H27N3O4S2. The van der Waals surface area contributed by atoms with Gasteiger partial charge < -0.3 is 9.88 Å². The summed E-state index contributed by atoms with van der Waals surface area (Å²) in [6.07, 6.45) is 3.89. The molecule has 9 heteroatoms. The van der Waals surface area contributed by atoms with Crippen LogP contribution in [0.4, 0.5) is 0 Å². The minimum atomic E-state index is -3.04. The van der Waals surface area contributed by atoms with Crippen LogP contribution in [0.15, 0.2) is 16.0 Å². The standard InChI is InChI=1S/C17H27N3O4S2/c1-3-5-8-20(14-7-9-26(23,24)12-14)16(22)11-25-17-18-13(6-4-2)10-15(21)19-17/h10,14H,3-9,11-12H2,1-2H3,(H,18,19,21)/t14-/m1/s1. The van der Waals surface area contributed by atoms with Gasteiger partial charge in [-0.3, -0.25) is 9.59 Å². The highest BCUT2D eigenvalue weighted by Gasteiger charge is 2.34. The van der Waals surface area contributed by atoms with E-state index in [1.165, 1.54) is 17.8 Å². The molecule has 1 aliphatic heterocycles. The lowest BCUT2D eigenvalue weighted by Gasteiger charge is -2.28. The van der Waals surface area contributed by atoms with Crippen LogP contribution in [0.2, 0.25) is 0 Å². The predicted molar refractivity (Wildman–Crippen MR) is 103 cm³/mol. The average molecular weight is 402 g/mol. The molecule has 146 valence electrons. The molecule has 1 amide bonds. The van der Waals surface area contributed by atoms with Crippen molar-refractivity contribution >= 4 is 27.5 Å². The highest BCUT2D eigenvalue weighted by Crippen LogP contribution is 2.21. The molecule has 0 unspecified atom stereocenters. The zero-order chi connectivity index (χ0) is 19.2. The summed E-state index contributed by atoms with van der Waals surface area (Å²) in [7, 11) is -3.04. The average Bonchev–Trinajstić information content (AvgIpc) is 2.93. The van der Waals surface area contributed by atoms with Crippen LogP contribution in [0.1, 0.15) is 45.2 Å². The zero-order valence-electron chi connectivity index (χ0n) is 15.4. The van der Waals surface area contributed by atoms with Gasteiger partial charge in [0.05, 0.1) is 17.3 Å². The number of hydrogen-bond acceptors (Lipinski definition) is 6. The summed E-state index contributed by atoms with van der Waals surface area (Å²) >= 11 is 1.20. The Bertz CT molecular complexity index is 776. The maximum atomic E-state index is 12.7. The van der Waals surface area contributed by atoms with E-state index in [0.29, 0.717) is 24.5 Å². The highest BCUT2D eigenvalue weighted by atomic mass is 32.2. The Kier molecular flexibility index (Phi) is 7.69. The maximum absolute atomic E-state index is 12.7. The van der Waals surface area contributed by atoms with Gasteiger partial charge in [-0.05, 0) is 19.3 Å². The molecule has 1 aliphatic rings. The lowest BCUT2D eigenvalue weighted by Crippen LogP contribution is -2.42. The van der Waals surface area contributed by atoms with Gasteiger partial charge in [0.25, 0.3) is 5.56 Å². The molecule has 1 N–H and O–H groups in total. The molecule has 26 heavy (non-hydrogen) atoms. The summed E-state index contributed by atoms with van der Waals surface area (Å²) in [5.41, 5.74) is 0.499. The van der Waals surface area contributed by atoms with Crippen molar-refractivity contribution in [2.75, 3.05) is 23.8 Å². The number of aryl methyl sites for hydroxylation is 1. The van der Waals surface area contributed by atoms with Gasteiger partial charge >= 0.3 is 0 Å². The van der Waals surface area contributed by atoms with Gasteiger partial charge in [0.15, 0.2) is 15.0 Å². The number of nitrogens with one attached hydrogen (secondary N) is 1. The molecule has 1 aromatic heterocycles. The van der Waals surface area contributed by atoms with Crippen LogP contribution in [0.3, 0.4) is 0 Å². The van der Waals surface area contributed by atoms with Crippen molar-refractivity contribution < 1.29 is 13.2 Å². The van der Waals surface area contributed by atoms with Crippen LogP contribution in [-0.2, 0) is 21.1 Å². The number of unbranched alkanes of at least 4 members (excludes halogenated alkanes) is 1. The van der Waals surface area contributed by atoms with Crippen molar-refractivity contribution in [2.24, 2.45) is 0 Å². The summed E-state index contributed by atoms with van der Waals surface area (Å²) in [5.74, 6) is 0.232. The first-order valence-electron chi connectivity index (χ1n) is 9.07. The second kappa shape index (κ2) is 9.55. The van der Waals surface area contributed by atoms with Crippen molar-refractivity contribution in [1.82, 2.24) is 14.9 Å². The number of aromatic amines is 1. The van der Waals surface area contributed by atoms with E-state index in [4.69, 9.17) is 0 Å². The van der Waals surface area contributed by atoms with Crippen LogP contribution < -0.4 is 5.56 Å². The van der Waals surface area contributed by atoms with Crippen molar-refractivity contribution in [2.45, 2.75) is 57.1 Å². The van der Waals surface area contributed by atoms with Crippen LogP contribution >= 0.6 is 11.8 Å². The van der Waals surface area contributed by atoms with Gasteiger partial charge in [-0.15, -0.1) is 0 Å². The number of hydrogen-bond donors (Lipinski definition) is 1. The van der Waals surface area contributed by atoms with Crippen molar-refractivity contribution in [1.29, 1.82) is 0 Å². The Hall–Kier alpha value is -1.35. The third-order valence-electron chi connectivity index (χ3n) is 4.33. The number of carbonyl (C=O) groups is 1. The molecule has 0 aliphatic carbocycles. The fraction of sp³-hybridized carbons (Fsp3) is 0.706. The van der Waals surface area contributed by atoms with Gasteiger partial charge in [-0.2, -0.15) is 0 Å². The number of sulfone groups is 1. The van der Waals surface area contributed by atoms with Crippen molar-refractivity contribution in [3.63, 3.8) is 0 Å². The molecule has 2 rings (SSSR count). The molecule has 0 spiro atoms. The second-order valence-electron chi connectivity index (χ2n) is 6.58. The fourth-order valence-electron chi connectivity index (χ4n) is 3.01. The molecule has 0 aromatic carbocycles. The Labute approximate surface area is 158 Å². The first-order valence-corrected chi connectivity index (χ1v) is 11.9. The summed E-state index contributed by atoms with van der Waals surface area (Å²) in [6, 6.07) is 1.24. The highest BCUT2D eigenvalue weighted by molar-refractivity contribution is 7.99. The molecular weight excluding hydrogens is 374 g/mol. The van der Waals surface area contributed by atoms with Crippen LogP contribution in [-0.4, -0.2) is 59.0 Å². The molecule has 0 saturated carbocycles. The lowest BCUT2D eigenvalue weighted by molar-refractivity contribution is -0.130. The zero-order valence-corrected chi connectivity index (χ0v) is 17.0. The van der Waals surface area contributed by atoms with E-state index in [0.717, 1.165) is 25.0 Å². The third kappa shape index (κ3) is 6.12. The largest absolute Gasteiger partial charge is 0.338 e. The van der Waals surface area contributed by atoms with Crippen molar-refractivity contribution in [3.05, 3.63) is 22.1 Å². The molecule has 0 bridgehead atoms. The molecule has 2 heterocycles. The minimum Gasteiger partial charge on any atom is -0.338 e. The predicted octanol–water partition coefficient (Wildman–Crippen LogP) is 1.63. The van der Waals surface area contributed by atoms with E-state index in [1.54, 1.807) is 4.90 Å². The van der Waals surface area contributed by atoms with Crippen LogP contribution in [0.5, 0.6) is 0 Å². The first-order chi connectivity index (χ1) is 12.3. The Morgan fingerprint density at radius 1 is 1.38 bits per heavy atom. The molecule has 1 saturated heterocycles. The van der Waals surface area contributed by atoms with E-state index in [-0.39, 0.29) is 34.8 Å². The van der Waals surface area contributed by atoms with Crippen LogP contribution in [0.25, 0.3) is 0 Å². The van der Waals surface area contributed by atoms with Gasteiger partial charge in [-0.1, -0.05) is 38.5 Å². The summed E-state index contributed by atoms with van der Waals surface area (Å²) < 4.78 is 23.5. The summed E-state index contributed by atoms with van der Waals surface area (Å²) in [5, 5.41) is 0.434. The van der Waals surface area contributed by atoms with Crippen molar-refractivity contribution in [3.8, 4) is 0 Å². The minimum absolute atomic E-state index is 0.0498. The van der Waals surface area contributed by atoms with E-state index >= 15 is 0 Å². The Morgan fingerprint density at radius 2 is 2.15 bits per heavy atom. The van der Waals surface area contributed by atoms with Gasteiger partial charge in [0.2, 0.25) is 5.91 Å². The van der Waals surface area contributed by atoms with Crippen LogP contribution in [0, 0.1) is 0 Å². The number of rotatable bonds is 9. The number of carbonyl (C=O) groups excluding carboxylic acids is 1. The van der Waals surface area contributed by atoms with Gasteiger partial charge in [0.1, 0.15) is 0 Å². The van der Waals surface area contributed by atoms with Gasteiger partial charge in [0, 0.05) is 24.3 Å². The topological polar surface area (TPSA) is 100 Å². The van der Waals surface area contributed by atoms with E-state index in [2.05, 4.69) is 9.97 Å². The fourth-order valence-corrected chi connectivity index (χ4v) is 5.52. The second-order valence-corrected chi connectivity index (χ2v) is 9.77. The van der Waals surface area contributed by atoms with E-state index in [9.17, 15) is 18.0 Å². The maximum Gasteiger partial charge on any atom is 0.251 e. The summed E-state index contributed by atoms with van der Waals surface area (Å²) in [4.78, 5) is 33.2. The Morgan fingerprint density at radius 3 is 2.77 bits per heavy atom. The number of nitrogens with zero attached hydrogens (tertiary/aromatic N) is 2. The number of amides is 1. The monoisotopic (exact) mass is 401 g/mol. The molecule has 0 radical (unpaired) electrons. The smallest absolute Gasteiger partial charge is 0.251 e. The van der Waals surface area contributed by atoms with E-state index < -0.39 is 9.84 Å². The number of H-pyrrole nitrogens is 1. The number of aromatic nitrogens is 2. The van der Waals surface area contributed by atoms with E-state index in [1.807, 2.05) is 13.8 Å². The summed E-state index contributed by atoms with van der Waals surface area (Å²) in [6.45, 7) is 4.62. The molecule has 7 nitrogen and oxygen atoms in total. The van der Waals surface area contributed by atoms with Gasteiger partial charge in [-0.25, -0.2) is 13.4 Å². The Balaban J connectivity index is 2.04. The third-order valence-corrected chi connectivity index (χ3v) is 6.94. The molecule has 1 atom stereocenters. The quantitative estimate of drug-likeness (QED) is 0.499. The first kappa shape index (κ1) is 21.0. The normalized spacial score (nSPS) is 18.8. The molecule has 1 aromatic rings. The molecule has 1 fully saturated rings.